The van der Waals surface area contributed by atoms with Crippen molar-refractivity contribution in [3.8, 4) is 0 Å². The van der Waals surface area contributed by atoms with E-state index in [1.165, 1.54) is 12.0 Å². The minimum atomic E-state index is -0.997. The van der Waals surface area contributed by atoms with Crippen LogP contribution < -0.4 is 5.32 Å². The molecule has 0 saturated carbocycles. The van der Waals surface area contributed by atoms with Crippen LogP contribution in [0, 0.1) is 5.92 Å². The molecule has 18 heavy (non-hydrogen) atoms. The maximum Gasteiger partial charge on any atom is 0.323 e. The molecule has 1 amide bonds. The SMILES string of the molecule is COCCN(CC(=O)O)C(=O)C1CC(C)CCN1. The molecule has 0 aliphatic carbocycles. The molecule has 0 aromatic rings. The number of nitrogens with zero attached hydrogens (tertiary/aromatic N) is 1. The third-order valence-electron chi connectivity index (χ3n) is 3.17. The number of ether oxygens (including phenoxy) is 1. The van der Waals surface area contributed by atoms with E-state index in [0.717, 1.165) is 19.4 Å². The smallest absolute Gasteiger partial charge is 0.323 e. The number of carboxylic acid groups (broad SMARTS) is 1. The molecule has 1 aliphatic rings. The van der Waals surface area contributed by atoms with Crippen LogP contribution in [0.25, 0.3) is 0 Å². The molecule has 1 saturated heterocycles. The van der Waals surface area contributed by atoms with Gasteiger partial charge in [-0.2, -0.15) is 0 Å². The number of nitrogens with one attached hydrogen (secondary N) is 1. The lowest BCUT2D eigenvalue weighted by molar-refractivity contribution is -0.146. The van der Waals surface area contributed by atoms with Crippen molar-refractivity contribution < 1.29 is 19.4 Å². The molecular weight excluding hydrogens is 236 g/mol. The van der Waals surface area contributed by atoms with Crippen LogP contribution in [-0.2, 0) is 14.3 Å². The summed E-state index contributed by atoms with van der Waals surface area (Å²) >= 11 is 0. The molecular formula is C12H22N2O4. The van der Waals surface area contributed by atoms with Gasteiger partial charge in [-0.25, -0.2) is 0 Å². The van der Waals surface area contributed by atoms with E-state index in [1.807, 2.05) is 0 Å². The number of aliphatic carboxylic acids is 1. The molecule has 2 atom stereocenters. The van der Waals surface area contributed by atoms with Crippen LogP contribution in [-0.4, -0.2) is 61.3 Å². The molecule has 1 heterocycles. The van der Waals surface area contributed by atoms with Crippen molar-refractivity contribution in [3.05, 3.63) is 0 Å². The molecule has 1 aliphatic heterocycles. The maximum absolute atomic E-state index is 12.2. The van der Waals surface area contributed by atoms with Crippen LogP contribution >= 0.6 is 0 Å². The Kier molecular flexibility index (Phi) is 6.07. The molecule has 104 valence electrons. The van der Waals surface area contributed by atoms with Gasteiger partial charge in [0.25, 0.3) is 0 Å². The van der Waals surface area contributed by atoms with Crippen molar-refractivity contribution >= 4 is 11.9 Å². The standard InChI is InChI=1S/C12H22N2O4/c1-9-3-4-13-10(7-9)12(17)14(5-6-18-2)8-11(15)16/h9-10,13H,3-8H2,1-2H3,(H,15,16). The van der Waals surface area contributed by atoms with Crippen LogP contribution in [0.15, 0.2) is 0 Å². The lowest BCUT2D eigenvalue weighted by Gasteiger charge is -2.31. The van der Waals surface area contributed by atoms with E-state index >= 15 is 0 Å². The predicted molar refractivity (Wildman–Crippen MR) is 66.3 cm³/mol. The van der Waals surface area contributed by atoms with Gasteiger partial charge in [0.05, 0.1) is 12.6 Å². The molecule has 0 radical (unpaired) electrons. The van der Waals surface area contributed by atoms with Gasteiger partial charge in [-0.15, -0.1) is 0 Å². The fraction of sp³-hybridized carbons (Fsp3) is 0.833. The minimum Gasteiger partial charge on any atom is -0.480 e. The molecule has 6 heteroatoms. The molecule has 2 N–H and O–H groups in total. The molecule has 0 aromatic heterocycles. The van der Waals surface area contributed by atoms with E-state index in [1.54, 1.807) is 0 Å². The summed E-state index contributed by atoms with van der Waals surface area (Å²) in [5.41, 5.74) is 0. The van der Waals surface area contributed by atoms with Gasteiger partial charge in [-0.1, -0.05) is 6.92 Å². The number of amides is 1. The van der Waals surface area contributed by atoms with Crippen LogP contribution in [0.3, 0.4) is 0 Å². The third kappa shape index (κ3) is 4.62. The number of piperidine rings is 1. The van der Waals surface area contributed by atoms with Gasteiger partial charge in [0.15, 0.2) is 0 Å². The minimum absolute atomic E-state index is 0.138. The molecule has 0 bridgehead atoms. The van der Waals surface area contributed by atoms with Gasteiger partial charge in [0.2, 0.25) is 5.91 Å². The van der Waals surface area contributed by atoms with Crippen LogP contribution in [0.2, 0.25) is 0 Å². The average molecular weight is 258 g/mol. The Morgan fingerprint density at radius 1 is 1.50 bits per heavy atom. The van der Waals surface area contributed by atoms with Gasteiger partial charge in [-0.3, -0.25) is 9.59 Å². The molecule has 0 spiro atoms. The summed E-state index contributed by atoms with van der Waals surface area (Å²) in [6.45, 7) is 3.31. The van der Waals surface area contributed by atoms with E-state index in [2.05, 4.69) is 12.2 Å². The molecule has 1 rings (SSSR count). The Hall–Kier alpha value is -1.14. The van der Waals surface area contributed by atoms with Crippen molar-refractivity contribution in [2.24, 2.45) is 5.92 Å². The predicted octanol–water partition coefficient (Wildman–Crippen LogP) is -0.0659. The molecule has 1 fully saturated rings. The Bertz CT molecular complexity index is 296. The summed E-state index contributed by atoms with van der Waals surface area (Å²) in [5.74, 6) is -0.640. The largest absolute Gasteiger partial charge is 0.480 e. The average Bonchev–Trinajstić information content (AvgIpc) is 2.33. The second kappa shape index (κ2) is 7.33. The van der Waals surface area contributed by atoms with Crippen LogP contribution in [0.4, 0.5) is 0 Å². The summed E-state index contributed by atoms with van der Waals surface area (Å²) in [6.07, 6.45) is 1.82. The fourth-order valence-electron chi connectivity index (χ4n) is 2.15. The highest BCUT2D eigenvalue weighted by Gasteiger charge is 2.29. The van der Waals surface area contributed by atoms with E-state index in [4.69, 9.17) is 9.84 Å². The van der Waals surface area contributed by atoms with Gasteiger partial charge in [0, 0.05) is 13.7 Å². The zero-order chi connectivity index (χ0) is 13.5. The lowest BCUT2D eigenvalue weighted by atomic mass is 9.93. The Labute approximate surface area is 107 Å². The Balaban J connectivity index is 2.58. The number of hydrogen-bond donors (Lipinski definition) is 2. The first kappa shape index (κ1) is 14.9. The topological polar surface area (TPSA) is 78.9 Å². The van der Waals surface area contributed by atoms with Crippen molar-refractivity contribution in [2.75, 3.05) is 33.4 Å². The highest BCUT2D eigenvalue weighted by Crippen LogP contribution is 2.16. The second-order valence-electron chi connectivity index (χ2n) is 4.78. The monoisotopic (exact) mass is 258 g/mol. The quantitative estimate of drug-likeness (QED) is 0.697. The van der Waals surface area contributed by atoms with E-state index < -0.39 is 5.97 Å². The number of hydrogen-bond acceptors (Lipinski definition) is 4. The van der Waals surface area contributed by atoms with Crippen molar-refractivity contribution in [1.82, 2.24) is 10.2 Å². The number of carbonyl (C=O) groups excluding carboxylic acids is 1. The summed E-state index contributed by atoms with van der Waals surface area (Å²) in [5, 5.41) is 12.0. The van der Waals surface area contributed by atoms with Gasteiger partial charge in [0.1, 0.15) is 6.54 Å². The normalized spacial score (nSPS) is 23.7. The number of methoxy groups -OCH3 is 1. The molecule has 6 nitrogen and oxygen atoms in total. The number of carbonyl (C=O) groups is 2. The van der Waals surface area contributed by atoms with E-state index in [9.17, 15) is 9.59 Å². The summed E-state index contributed by atoms with van der Waals surface area (Å²) < 4.78 is 4.91. The van der Waals surface area contributed by atoms with E-state index in [0.29, 0.717) is 19.1 Å². The number of rotatable bonds is 6. The van der Waals surface area contributed by atoms with Crippen LogP contribution in [0.1, 0.15) is 19.8 Å². The van der Waals surface area contributed by atoms with E-state index in [-0.39, 0.29) is 18.5 Å². The lowest BCUT2D eigenvalue weighted by Crippen LogP contribution is -2.51. The molecule has 0 aromatic carbocycles. The summed E-state index contributed by atoms with van der Waals surface area (Å²) in [6, 6.07) is -0.259. The van der Waals surface area contributed by atoms with Gasteiger partial charge >= 0.3 is 5.97 Å². The van der Waals surface area contributed by atoms with Crippen molar-refractivity contribution in [2.45, 2.75) is 25.8 Å². The third-order valence-corrected chi connectivity index (χ3v) is 3.17. The number of carboxylic acids is 1. The second-order valence-corrected chi connectivity index (χ2v) is 4.78. The van der Waals surface area contributed by atoms with Crippen molar-refractivity contribution in [1.29, 1.82) is 0 Å². The highest BCUT2D eigenvalue weighted by molar-refractivity contribution is 5.85. The first-order valence-corrected chi connectivity index (χ1v) is 6.27. The Morgan fingerprint density at radius 3 is 2.78 bits per heavy atom. The zero-order valence-electron chi connectivity index (χ0n) is 11.0. The first-order chi connectivity index (χ1) is 8.54. The van der Waals surface area contributed by atoms with Crippen LogP contribution in [0.5, 0.6) is 0 Å². The van der Waals surface area contributed by atoms with Crippen molar-refractivity contribution in [3.63, 3.8) is 0 Å². The molecule has 2 unspecified atom stereocenters. The first-order valence-electron chi connectivity index (χ1n) is 6.27. The van der Waals surface area contributed by atoms with Gasteiger partial charge < -0.3 is 20.1 Å². The zero-order valence-corrected chi connectivity index (χ0v) is 11.0. The fourth-order valence-corrected chi connectivity index (χ4v) is 2.15. The Morgan fingerprint density at radius 2 is 2.22 bits per heavy atom. The summed E-state index contributed by atoms with van der Waals surface area (Å²) in [7, 11) is 1.53. The van der Waals surface area contributed by atoms with Gasteiger partial charge in [-0.05, 0) is 25.3 Å². The summed E-state index contributed by atoms with van der Waals surface area (Å²) in [4.78, 5) is 24.3. The maximum atomic E-state index is 12.2. The highest BCUT2D eigenvalue weighted by atomic mass is 16.5.